The van der Waals surface area contributed by atoms with Crippen LogP contribution < -0.4 is 10.6 Å². The summed E-state index contributed by atoms with van der Waals surface area (Å²) in [5, 5.41) is 14.1. The molecule has 3 aromatic rings. The number of amides is 2. The quantitative estimate of drug-likeness (QED) is 0.423. The van der Waals surface area contributed by atoms with E-state index >= 15 is 0 Å². The molecule has 1 aliphatic carbocycles. The SMILES string of the molecule is CC(CCNC(=O)OCC1c2ccccc2-c2ccccc21)C(=O)Nc1cc(C(=O)O)ccc1F. The molecular weight excluding hydrogens is 451 g/mol. The highest BCUT2D eigenvalue weighted by atomic mass is 19.1. The molecule has 0 aliphatic heterocycles. The Morgan fingerprint density at radius 3 is 2.26 bits per heavy atom. The van der Waals surface area contributed by atoms with Gasteiger partial charge in [-0.1, -0.05) is 55.5 Å². The first kappa shape index (κ1) is 23.9. The van der Waals surface area contributed by atoms with Gasteiger partial charge >= 0.3 is 12.1 Å². The van der Waals surface area contributed by atoms with Crippen molar-refractivity contribution in [3.8, 4) is 11.1 Å². The molecule has 0 bridgehead atoms. The largest absolute Gasteiger partial charge is 0.478 e. The molecule has 1 atom stereocenters. The molecule has 180 valence electrons. The summed E-state index contributed by atoms with van der Waals surface area (Å²) < 4.78 is 19.4. The van der Waals surface area contributed by atoms with Gasteiger partial charge < -0.3 is 20.5 Å². The van der Waals surface area contributed by atoms with Gasteiger partial charge in [-0.15, -0.1) is 0 Å². The second-order valence-electron chi connectivity index (χ2n) is 8.43. The van der Waals surface area contributed by atoms with Crippen LogP contribution in [0.4, 0.5) is 14.9 Å². The van der Waals surface area contributed by atoms with Crippen LogP contribution in [0.5, 0.6) is 0 Å². The van der Waals surface area contributed by atoms with Gasteiger partial charge in [-0.25, -0.2) is 14.0 Å². The highest BCUT2D eigenvalue weighted by molar-refractivity contribution is 5.95. The molecule has 4 rings (SSSR count). The van der Waals surface area contributed by atoms with Gasteiger partial charge in [0.1, 0.15) is 12.4 Å². The number of nitrogens with one attached hydrogen (secondary N) is 2. The molecule has 1 unspecified atom stereocenters. The number of ether oxygens (including phenoxy) is 1. The van der Waals surface area contributed by atoms with Crippen molar-refractivity contribution in [2.45, 2.75) is 19.3 Å². The zero-order valence-corrected chi connectivity index (χ0v) is 19.1. The second-order valence-corrected chi connectivity index (χ2v) is 8.43. The summed E-state index contributed by atoms with van der Waals surface area (Å²) in [6, 6.07) is 19.3. The Balaban J connectivity index is 1.26. The Hall–Kier alpha value is -4.20. The van der Waals surface area contributed by atoms with E-state index in [1.807, 2.05) is 36.4 Å². The van der Waals surface area contributed by atoms with Crippen LogP contribution in [0.2, 0.25) is 0 Å². The number of aromatic carboxylic acids is 1. The van der Waals surface area contributed by atoms with Crippen molar-refractivity contribution in [3.05, 3.63) is 89.2 Å². The maximum Gasteiger partial charge on any atom is 0.407 e. The average molecular weight is 477 g/mol. The lowest BCUT2D eigenvalue weighted by molar-refractivity contribution is -0.119. The van der Waals surface area contributed by atoms with E-state index in [9.17, 15) is 18.8 Å². The third-order valence-electron chi connectivity index (χ3n) is 6.11. The molecule has 7 nitrogen and oxygen atoms in total. The first-order valence-electron chi connectivity index (χ1n) is 11.3. The summed E-state index contributed by atoms with van der Waals surface area (Å²) in [7, 11) is 0. The molecule has 0 fully saturated rings. The van der Waals surface area contributed by atoms with Crippen molar-refractivity contribution < 1.29 is 28.6 Å². The average Bonchev–Trinajstić information content (AvgIpc) is 3.17. The Bertz CT molecular complexity index is 1230. The monoisotopic (exact) mass is 476 g/mol. The molecule has 0 heterocycles. The molecule has 0 spiro atoms. The number of carboxylic acids is 1. The highest BCUT2D eigenvalue weighted by Gasteiger charge is 2.29. The fraction of sp³-hybridized carbons (Fsp3) is 0.222. The molecule has 8 heteroatoms. The standard InChI is InChI=1S/C27H25FN2O5/c1-16(25(31)30-24-14-17(26(32)33)10-11-23(24)28)12-13-29-27(34)35-15-22-20-8-4-2-6-18(20)19-7-3-5-9-21(19)22/h2-11,14,16,22H,12-13,15H2,1H3,(H,29,34)(H,30,31)(H,32,33). The lowest BCUT2D eigenvalue weighted by Gasteiger charge is -2.16. The fourth-order valence-corrected chi connectivity index (χ4v) is 4.18. The van der Waals surface area contributed by atoms with Crippen molar-refractivity contribution in [2.75, 3.05) is 18.5 Å². The van der Waals surface area contributed by atoms with E-state index in [0.29, 0.717) is 0 Å². The number of rotatable bonds is 8. The minimum absolute atomic E-state index is 0.0469. The van der Waals surface area contributed by atoms with E-state index in [1.165, 1.54) is 0 Å². The predicted molar refractivity (Wildman–Crippen MR) is 129 cm³/mol. The van der Waals surface area contributed by atoms with Crippen LogP contribution in [0.3, 0.4) is 0 Å². The van der Waals surface area contributed by atoms with Crippen LogP contribution in [0, 0.1) is 11.7 Å². The number of carbonyl (C=O) groups excluding carboxylic acids is 2. The van der Waals surface area contributed by atoms with E-state index < -0.39 is 29.7 Å². The number of carboxylic acid groups (broad SMARTS) is 1. The van der Waals surface area contributed by atoms with Crippen LogP contribution in [0.15, 0.2) is 66.7 Å². The Morgan fingerprint density at radius 2 is 1.63 bits per heavy atom. The number of fused-ring (bicyclic) bond motifs is 3. The molecule has 3 N–H and O–H groups in total. The minimum atomic E-state index is -1.22. The minimum Gasteiger partial charge on any atom is -0.478 e. The van der Waals surface area contributed by atoms with E-state index in [4.69, 9.17) is 9.84 Å². The molecule has 0 radical (unpaired) electrons. The van der Waals surface area contributed by atoms with Crippen molar-refractivity contribution in [3.63, 3.8) is 0 Å². The van der Waals surface area contributed by atoms with Gasteiger partial charge in [-0.05, 0) is 46.9 Å². The molecule has 0 aromatic heterocycles. The number of hydrogen-bond donors (Lipinski definition) is 3. The number of anilines is 1. The molecule has 35 heavy (non-hydrogen) atoms. The van der Waals surface area contributed by atoms with E-state index in [0.717, 1.165) is 40.5 Å². The second kappa shape index (κ2) is 10.4. The molecule has 3 aromatic carbocycles. The van der Waals surface area contributed by atoms with Crippen LogP contribution in [0.1, 0.15) is 40.7 Å². The predicted octanol–water partition coefficient (Wildman–Crippen LogP) is 5.03. The smallest absolute Gasteiger partial charge is 0.407 e. The normalized spacial score (nSPS) is 12.9. The first-order valence-corrected chi connectivity index (χ1v) is 11.3. The van der Waals surface area contributed by atoms with Gasteiger partial charge in [-0.2, -0.15) is 0 Å². The van der Waals surface area contributed by atoms with Crippen LogP contribution in [-0.4, -0.2) is 36.2 Å². The van der Waals surface area contributed by atoms with Crippen molar-refractivity contribution in [1.29, 1.82) is 0 Å². The summed E-state index contributed by atoms with van der Waals surface area (Å²) in [4.78, 5) is 35.7. The first-order chi connectivity index (χ1) is 16.8. The van der Waals surface area contributed by atoms with Crippen LogP contribution in [-0.2, 0) is 9.53 Å². The topological polar surface area (TPSA) is 105 Å². The maximum absolute atomic E-state index is 13.9. The van der Waals surface area contributed by atoms with Crippen LogP contribution in [0.25, 0.3) is 11.1 Å². The third-order valence-corrected chi connectivity index (χ3v) is 6.11. The lowest BCUT2D eigenvalue weighted by Crippen LogP contribution is -2.30. The number of benzene rings is 3. The van der Waals surface area contributed by atoms with Crippen LogP contribution >= 0.6 is 0 Å². The van der Waals surface area contributed by atoms with E-state index in [-0.39, 0.29) is 36.7 Å². The summed E-state index contributed by atoms with van der Waals surface area (Å²) >= 11 is 0. The molecular formula is C27H25FN2O5. The van der Waals surface area contributed by atoms with E-state index in [2.05, 4.69) is 22.8 Å². The number of carbonyl (C=O) groups is 3. The van der Waals surface area contributed by atoms with Gasteiger partial charge in [0.2, 0.25) is 5.91 Å². The summed E-state index contributed by atoms with van der Waals surface area (Å²) in [5.41, 5.74) is 4.18. The summed E-state index contributed by atoms with van der Waals surface area (Å²) in [6.07, 6.45) is -0.296. The van der Waals surface area contributed by atoms with Gasteiger partial charge in [-0.3, -0.25) is 4.79 Å². The van der Waals surface area contributed by atoms with Crippen molar-refractivity contribution in [1.82, 2.24) is 5.32 Å². The van der Waals surface area contributed by atoms with Gasteiger partial charge in [0, 0.05) is 18.4 Å². The third kappa shape index (κ3) is 5.32. The van der Waals surface area contributed by atoms with E-state index in [1.54, 1.807) is 6.92 Å². The molecule has 0 saturated carbocycles. The van der Waals surface area contributed by atoms with Crippen molar-refractivity contribution in [2.24, 2.45) is 5.92 Å². The fourth-order valence-electron chi connectivity index (χ4n) is 4.18. The maximum atomic E-state index is 13.9. The zero-order valence-electron chi connectivity index (χ0n) is 19.1. The molecule has 0 saturated heterocycles. The number of alkyl carbamates (subject to hydrolysis) is 1. The molecule has 1 aliphatic rings. The Morgan fingerprint density at radius 1 is 1.00 bits per heavy atom. The highest BCUT2D eigenvalue weighted by Crippen LogP contribution is 2.44. The van der Waals surface area contributed by atoms with Crippen molar-refractivity contribution >= 4 is 23.7 Å². The number of halogens is 1. The Labute approximate surface area is 201 Å². The Kier molecular flexibility index (Phi) is 7.10. The molecule has 2 amide bonds. The summed E-state index contributed by atoms with van der Waals surface area (Å²) in [5.74, 6) is -3.04. The number of hydrogen-bond acceptors (Lipinski definition) is 4. The van der Waals surface area contributed by atoms with Gasteiger partial charge in [0.15, 0.2) is 0 Å². The lowest BCUT2D eigenvalue weighted by atomic mass is 9.98. The van der Waals surface area contributed by atoms with Gasteiger partial charge in [0.25, 0.3) is 0 Å². The van der Waals surface area contributed by atoms with Gasteiger partial charge in [0.05, 0.1) is 11.3 Å². The summed E-state index contributed by atoms with van der Waals surface area (Å²) in [6.45, 7) is 2.01. The zero-order chi connectivity index (χ0) is 24.9.